The summed E-state index contributed by atoms with van der Waals surface area (Å²) in [6, 6.07) is 0.494. The van der Waals surface area contributed by atoms with Gasteiger partial charge in [-0.2, -0.15) is 0 Å². The first-order chi connectivity index (χ1) is 8.63. The van der Waals surface area contributed by atoms with Crippen molar-refractivity contribution in [3.8, 4) is 0 Å². The minimum Gasteiger partial charge on any atom is -0.337 e. The average molecular weight is 264 g/mol. The van der Waals surface area contributed by atoms with Gasteiger partial charge in [0.2, 0.25) is 0 Å². The van der Waals surface area contributed by atoms with Crippen molar-refractivity contribution in [3.63, 3.8) is 0 Å². The fourth-order valence-electron chi connectivity index (χ4n) is 1.70. The van der Waals surface area contributed by atoms with Crippen molar-refractivity contribution in [1.82, 2.24) is 19.9 Å². The van der Waals surface area contributed by atoms with E-state index in [1.165, 1.54) is 5.69 Å². The highest BCUT2D eigenvalue weighted by molar-refractivity contribution is 7.09. The highest BCUT2D eigenvalue weighted by atomic mass is 32.1. The minimum atomic E-state index is 0.494. The van der Waals surface area contributed by atoms with E-state index in [1.54, 1.807) is 11.3 Å². The molecular weight excluding hydrogens is 244 g/mol. The van der Waals surface area contributed by atoms with Crippen molar-refractivity contribution in [2.45, 2.75) is 46.3 Å². The Kier molecular flexibility index (Phi) is 4.49. The maximum absolute atomic E-state index is 4.46. The predicted molar refractivity (Wildman–Crippen MR) is 74.8 cm³/mol. The van der Waals surface area contributed by atoms with Crippen molar-refractivity contribution in [3.05, 3.63) is 34.3 Å². The van der Waals surface area contributed by atoms with Crippen molar-refractivity contribution >= 4 is 11.3 Å². The van der Waals surface area contributed by atoms with Gasteiger partial charge in [0.15, 0.2) is 0 Å². The predicted octanol–water partition coefficient (Wildman–Crippen LogP) is 2.39. The molecule has 2 aromatic rings. The number of nitrogens with one attached hydrogen (secondary N) is 1. The molecule has 0 saturated heterocycles. The van der Waals surface area contributed by atoms with Crippen LogP contribution in [0.1, 0.15) is 30.2 Å². The number of hydrogen-bond acceptors (Lipinski definition) is 4. The van der Waals surface area contributed by atoms with Crippen LogP contribution < -0.4 is 5.32 Å². The van der Waals surface area contributed by atoms with E-state index in [4.69, 9.17) is 0 Å². The third-order valence-electron chi connectivity index (χ3n) is 2.67. The summed E-state index contributed by atoms with van der Waals surface area (Å²) in [5.74, 6) is 0. The van der Waals surface area contributed by atoms with Gasteiger partial charge in [-0.15, -0.1) is 11.3 Å². The zero-order valence-electron chi connectivity index (χ0n) is 11.2. The molecule has 0 aliphatic heterocycles. The smallest absolute Gasteiger partial charge is 0.0950 e. The molecule has 0 radical (unpaired) electrons. The molecule has 0 bridgehead atoms. The number of rotatable bonds is 6. The Bertz CT molecular complexity index is 487. The quantitative estimate of drug-likeness (QED) is 0.871. The van der Waals surface area contributed by atoms with Crippen LogP contribution >= 0.6 is 11.3 Å². The van der Waals surface area contributed by atoms with E-state index in [9.17, 15) is 0 Å². The first-order valence-corrected chi connectivity index (χ1v) is 7.16. The third-order valence-corrected chi connectivity index (χ3v) is 3.49. The molecule has 2 rings (SSSR count). The van der Waals surface area contributed by atoms with Gasteiger partial charge in [0.25, 0.3) is 0 Å². The van der Waals surface area contributed by atoms with Crippen molar-refractivity contribution in [2.24, 2.45) is 0 Å². The molecular formula is C13H20N4S. The van der Waals surface area contributed by atoms with Gasteiger partial charge in [-0.25, -0.2) is 9.97 Å². The Hall–Kier alpha value is -1.20. The second kappa shape index (κ2) is 6.11. The van der Waals surface area contributed by atoms with Gasteiger partial charge >= 0.3 is 0 Å². The van der Waals surface area contributed by atoms with Crippen LogP contribution in [0.5, 0.6) is 0 Å². The van der Waals surface area contributed by atoms with Crippen LogP contribution in [-0.2, 0) is 19.5 Å². The molecule has 98 valence electrons. The van der Waals surface area contributed by atoms with E-state index in [1.807, 2.05) is 13.3 Å². The summed E-state index contributed by atoms with van der Waals surface area (Å²) < 4.78 is 2.13. The van der Waals surface area contributed by atoms with Gasteiger partial charge in [0, 0.05) is 37.1 Å². The number of aryl methyl sites for hydroxylation is 3. The molecule has 0 spiro atoms. The molecule has 0 atom stereocenters. The van der Waals surface area contributed by atoms with Crippen molar-refractivity contribution in [2.75, 3.05) is 0 Å². The van der Waals surface area contributed by atoms with Crippen LogP contribution in [0.15, 0.2) is 17.9 Å². The molecule has 0 aliphatic carbocycles. The maximum atomic E-state index is 4.46. The molecule has 4 nitrogen and oxygen atoms in total. The lowest BCUT2D eigenvalue weighted by atomic mass is 10.3. The summed E-state index contributed by atoms with van der Waals surface area (Å²) in [5.41, 5.74) is 2.27. The number of aromatic nitrogens is 3. The lowest BCUT2D eigenvalue weighted by molar-refractivity contribution is 0.582. The fraction of sp³-hybridized carbons (Fsp3) is 0.538. The summed E-state index contributed by atoms with van der Waals surface area (Å²) in [5, 5.41) is 6.63. The topological polar surface area (TPSA) is 42.7 Å². The molecule has 0 saturated carbocycles. The Morgan fingerprint density at radius 2 is 2.22 bits per heavy atom. The van der Waals surface area contributed by atoms with E-state index in [-0.39, 0.29) is 0 Å². The van der Waals surface area contributed by atoms with Crippen LogP contribution in [0.25, 0.3) is 0 Å². The van der Waals surface area contributed by atoms with Crippen molar-refractivity contribution < 1.29 is 0 Å². The fourth-order valence-corrected chi connectivity index (χ4v) is 2.34. The first kappa shape index (κ1) is 13.2. The number of hydrogen-bond donors (Lipinski definition) is 1. The normalized spacial score (nSPS) is 11.3. The van der Waals surface area contributed by atoms with Gasteiger partial charge in [0.05, 0.1) is 22.7 Å². The van der Waals surface area contributed by atoms with Gasteiger partial charge in [-0.1, -0.05) is 13.8 Å². The van der Waals surface area contributed by atoms with E-state index in [0.29, 0.717) is 6.04 Å². The summed E-state index contributed by atoms with van der Waals surface area (Å²) in [7, 11) is 0. The molecule has 0 aliphatic rings. The molecule has 1 N–H and O–H groups in total. The summed E-state index contributed by atoms with van der Waals surface area (Å²) in [6.07, 6.45) is 4.98. The maximum Gasteiger partial charge on any atom is 0.0950 e. The lowest BCUT2D eigenvalue weighted by Crippen LogP contribution is -2.21. The zero-order valence-corrected chi connectivity index (χ0v) is 12.0. The van der Waals surface area contributed by atoms with Gasteiger partial charge in [-0.05, 0) is 6.92 Å². The second-order valence-corrected chi connectivity index (χ2v) is 5.81. The van der Waals surface area contributed by atoms with Crippen molar-refractivity contribution in [1.29, 1.82) is 0 Å². The van der Waals surface area contributed by atoms with Crippen LogP contribution in [0.4, 0.5) is 0 Å². The standard InChI is InChI=1S/C13H20N4S/c1-10(2)14-6-13-7-17(9-15-13)5-4-12-8-18-11(3)16-12/h7-10,14H,4-6H2,1-3H3. The van der Waals surface area contributed by atoms with E-state index >= 15 is 0 Å². The molecule has 0 aromatic carbocycles. The summed E-state index contributed by atoms with van der Waals surface area (Å²) in [6.45, 7) is 8.10. The molecule has 0 amide bonds. The summed E-state index contributed by atoms with van der Waals surface area (Å²) in [4.78, 5) is 8.85. The molecule has 2 heterocycles. The largest absolute Gasteiger partial charge is 0.337 e. The Morgan fingerprint density at radius 3 is 2.89 bits per heavy atom. The van der Waals surface area contributed by atoms with E-state index in [2.05, 4.69) is 45.3 Å². The van der Waals surface area contributed by atoms with Crippen LogP contribution in [0.3, 0.4) is 0 Å². The van der Waals surface area contributed by atoms with Crippen LogP contribution in [0, 0.1) is 6.92 Å². The monoisotopic (exact) mass is 264 g/mol. The number of imidazole rings is 1. The zero-order chi connectivity index (χ0) is 13.0. The minimum absolute atomic E-state index is 0.494. The first-order valence-electron chi connectivity index (χ1n) is 6.28. The lowest BCUT2D eigenvalue weighted by Gasteiger charge is -2.04. The molecule has 5 heteroatoms. The summed E-state index contributed by atoms with van der Waals surface area (Å²) >= 11 is 1.71. The van der Waals surface area contributed by atoms with E-state index < -0.39 is 0 Å². The van der Waals surface area contributed by atoms with Gasteiger partial charge < -0.3 is 9.88 Å². The van der Waals surface area contributed by atoms with Crippen LogP contribution in [0.2, 0.25) is 0 Å². The Morgan fingerprint density at radius 1 is 1.39 bits per heavy atom. The highest BCUT2D eigenvalue weighted by Gasteiger charge is 2.02. The SMILES string of the molecule is Cc1nc(CCn2cnc(CNC(C)C)c2)cs1. The molecule has 0 unspecified atom stereocenters. The van der Waals surface area contributed by atoms with Gasteiger partial charge in [0.1, 0.15) is 0 Å². The molecule has 18 heavy (non-hydrogen) atoms. The number of thiazole rings is 1. The third kappa shape index (κ3) is 3.92. The highest BCUT2D eigenvalue weighted by Crippen LogP contribution is 2.09. The van der Waals surface area contributed by atoms with Gasteiger partial charge in [-0.3, -0.25) is 0 Å². The molecule has 0 fully saturated rings. The Balaban J connectivity index is 1.83. The molecule has 2 aromatic heterocycles. The number of nitrogens with zero attached hydrogens (tertiary/aromatic N) is 3. The van der Waals surface area contributed by atoms with Crippen LogP contribution in [-0.4, -0.2) is 20.6 Å². The second-order valence-electron chi connectivity index (χ2n) is 4.75. The van der Waals surface area contributed by atoms with E-state index in [0.717, 1.165) is 30.2 Å². The Labute approximate surface area is 112 Å². The average Bonchev–Trinajstić information content (AvgIpc) is 2.93.